The Bertz CT molecular complexity index is 631. The Morgan fingerprint density at radius 2 is 1.83 bits per heavy atom. The summed E-state index contributed by atoms with van der Waals surface area (Å²) in [5, 5.41) is 11.0. The summed E-state index contributed by atoms with van der Waals surface area (Å²) in [4.78, 5) is 9.85. The summed E-state index contributed by atoms with van der Waals surface area (Å²) in [7, 11) is 0. The van der Waals surface area contributed by atoms with Crippen LogP contribution < -0.4 is 0 Å². The summed E-state index contributed by atoms with van der Waals surface area (Å²) in [6, 6.07) is 8.19. The molecule has 0 amide bonds. The van der Waals surface area contributed by atoms with E-state index in [0.29, 0.717) is 10.6 Å². The van der Waals surface area contributed by atoms with E-state index in [2.05, 4.69) is 0 Å². The van der Waals surface area contributed by atoms with Crippen LogP contribution >= 0.6 is 23.2 Å². The van der Waals surface area contributed by atoms with Gasteiger partial charge in [0.25, 0.3) is 5.69 Å². The minimum atomic E-state index is -0.714. The smallest absolute Gasteiger partial charge is 0.258 e. The van der Waals surface area contributed by atoms with Gasteiger partial charge in [-0.15, -0.1) is 0 Å². The molecule has 0 aromatic heterocycles. The van der Waals surface area contributed by atoms with Gasteiger partial charge in [0, 0.05) is 17.2 Å². The van der Waals surface area contributed by atoms with E-state index in [1.807, 2.05) is 0 Å². The van der Waals surface area contributed by atoms with Crippen molar-refractivity contribution in [3.63, 3.8) is 0 Å². The van der Waals surface area contributed by atoms with E-state index in [-0.39, 0.29) is 16.3 Å². The number of rotatable bonds is 2. The van der Waals surface area contributed by atoms with Crippen LogP contribution in [0.15, 0.2) is 36.4 Å². The first-order valence-corrected chi connectivity index (χ1v) is 5.64. The van der Waals surface area contributed by atoms with Gasteiger partial charge in [0.1, 0.15) is 5.82 Å². The lowest BCUT2D eigenvalue weighted by Crippen LogP contribution is -1.91. The Balaban J connectivity index is 2.58. The predicted octanol–water partition coefficient (Wildman–Crippen LogP) is 4.71. The molecule has 2 aromatic rings. The normalized spacial score (nSPS) is 10.4. The molecule has 18 heavy (non-hydrogen) atoms. The number of hydrogen-bond acceptors (Lipinski definition) is 2. The van der Waals surface area contributed by atoms with Crippen molar-refractivity contribution in [3.05, 3.63) is 62.4 Å². The van der Waals surface area contributed by atoms with Crippen molar-refractivity contribution in [2.45, 2.75) is 0 Å². The summed E-state index contributed by atoms with van der Waals surface area (Å²) in [5.74, 6) is -0.714. The number of non-ortho nitro benzene ring substituents is 1. The predicted molar refractivity (Wildman–Crippen MR) is 68.5 cm³/mol. The number of halogens is 3. The average Bonchev–Trinajstić information content (AvgIpc) is 2.33. The molecule has 0 spiro atoms. The van der Waals surface area contributed by atoms with Crippen LogP contribution in [0.2, 0.25) is 10.0 Å². The molecule has 0 bridgehead atoms. The second kappa shape index (κ2) is 4.92. The van der Waals surface area contributed by atoms with E-state index in [0.717, 1.165) is 6.07 Å². The molecular weight excluding hydrogens is 280 g/mol. The van der Waals surface area contributed by atoms with Crippen molar-refractivity contribution in [2.75, 3.05) is 0 Å². The minimum absolute atomic E-state index is 0.174. The Morgan fingerprint density at radius 1 is 1.11 bits per heavy atom. The van der Waals surface area contributed by atoms with Crippen molar-refractivity contribution in [2.24, 2.45) is 0 Å². The molecule has 0 unspecified atom stereocenters. The molecule has 0 aliphatic carbocycles. The standard InChI is InChI=1S/C12H6Cl2FNO2/c13-10-3-1-2-9(12(10)14)8-5-4-7(16(17)18)6-11(8)15/h1-6H. The summed E-state index contributed by atoms with van der Waals surface area (Å²) < 4.78 is 13.8. The summed E-state index contributed by atoms with van der Waals surface area (Å²) in [5.41, 5.74) is 0.263. The molecule has 0 saturated carbocycles. The highest BCUT2D eigenvalue weighted by molar-refractivity contribution is 6.43. The lowest BCUT2D eigenvalue weighted by Gasteiger charge is -2.06. The summed E-state index contributed by atoms with van der Waals surface area (Å²) in [6.45, 7) is 0. The Kier molecular flexibility index (Phi) is 3.50. The monoisotopic (exact) mass is 285 g/mol. The topological polar surface area (TPSA) is 43.1 Å². The lowest BCUT2D eigenvalue weighted by atomic mass is 10.0. The zero-order valence-corrected chi connectivity index (χ0v) is 10.4. The maximum Gasteiger partial charge on any atom is 0.272 e. The fraction of sp³-hybridized carbons (Fsp3) is 0. The van der Waals surface area contributed by atoms with Gasteiger partial charge in [-0.1, -0.05) is 35.3 Å². The van der Waals surface area contributed by atoms with E-state index in [1.165, 1.54) is 12.1 Å². The molecule has 2 rings (SSSR count). The molecule has 6 heteroatoms. The Labute approximate surface area is 112 Å². The summed E-state index contributed by atoms with van der Waals surface area (Å²) >= 11 is 11.8. The molecule has 0 heterocycles. The van der Waals surface area contributed by atoms with Gasteiger partial charge in [-0.05, 0) is 12.1 Å². The third-order valence-corrected chi connectivity index (χ3v) is 3.22. The van der Waals surface area contributed by atoms with Crippen LogP contribution in [0.3, 0.4) is 0 Å². The van der Waals surface area contributed by atoms with Crippen LogP contribution in [0.1, 0.15) is 0 Å². The Hall–Kier alpha value is -1.65. The van der Waals surface area contributed by atoms with Crippen LogP contribution in [0.4, 0.5) is 10.1 Å². The highest BCUT2D eigenvalue weighted by Gasteiger charge is 2.14. The van der Waals surface area contributed by atoms with Crippen molar-refractivity contribution >= 4 is 28.9 Å². The quantitative estimate of drug-likeness (QED) is 0.592. The van der Waals surface area contributed by atoms with Gasteiger partial charge < -0.3 is 0 Å². The van der Waals surface area contributed by atoms with Crippen molar-refractivity contribution < 1.29 is 9.31 Å². The molecule has 0 atom stereocenters. The molecule has 0 saturated heterocycles. The van der Waals surface area contributed by atoms with E-state index < -0.39 is 10.7 Å². The van der Waals surface area contributed by atoms with Crippen LogP contribution in [-0.2, 0) is 0 Å². The lowest BCUT2D eigenvalue weighted by molar-refractivity contribution is -0.385. The van der Waals surface area contributed by atoms with Gasteiger partial charge in [-0.3, -0.25) is 10.1 Å². The number of hydrogen-bond donors (Lipinski definition) is 0. The number of nitro benzene ring substituents is 1. The maximum absolute atomic E-state index is 13.8. The number of nitrogens with zero attached hydrogens (tertiary/aromatic N) is 1. The van der Waals surface area contributed by atoms with E-state index in [4.69, 9.17) is 23.2 Å². The van der Waals surface area contributed by atoms with Crippen molar-refractivity contribution in [1.82, 2.24) is 0 Å². The molecule has 0 fully saturated rings. The van der Waals surface area contributed by atoms with Crippen LogP contribution in [0.25, 0.3) is 11.1 Å². The first-order chi connectivity index (χ1) is 8.50. The molecule has 0 aliphatic heterocycles. The van der Waals surface area contributed by atoms with Crippen molar-refractivity contribution in [3.8, 4) is 11.1 Å². The average molecular weight is 286 g/mol. The third-order valence-electron chi connectivity index (χ3n) is 2.41. The van der Waals surface area contributed by atoms with Gasteiger partial charge in [0.05, 0.1) is 21.0 Å². The minimum Gasteiger partial charge on any atom is -0.258 e. The molecular formula is C12H6Cl2FNO2. The van der Waals surface area contributed by atoms with Gasteiger partial charge in [0.15, 0.2) is 0 Å². The highest BCUT2D eigenvalue weighted by atomic mass is 35.5. The van der Waals surface area contributed by atoms with Crippen LogP contribution in [0, 0.1) is 15.9 Å². The number of nitro groups is 1. The second-order valence-corrected chi connectivity index (χ2v) is 4.31. The zero-order chi connectivity index (χ0) is 13.3. The zero-order valence-electron chi connectivity index (χ0n) is 8.86. The van der Waals surface area contributed by atoms with E-state index in [9.17, 15) is 14.5 Å². The van der Waals surface area contributed by atoms with Gasteiger partial charge >= 0.3 is 0 Å². The largest absolute Gasteiger partial charge is 0.272 e. The van der Waals surface area contributed by atoms with Gasteiger partial charge in [0.2, 0.25) is 0 Å². The fourth-order valence-electron chi connectivity index (χ4n) is 1.55. The van der Waals surface area contributed by atoms with E-state index in [1.54, 1.807) is 18.2 Å². The molecule has 0 radical (unpaired) electrons. The second-order valence-electron chi connectivity index (χ2n) is 3.52. The maximum atomic E-state index is 13.8. The first-order valence-electron chi connectivity index (χ1n) is 4.89. The fourth-order valence-corrected chi connectivity index (χ4v) is 1.95. The molecule has 0 aliphatic rings. The van der Waals surface area contributed by atoms with Crippen LogP contribution in [0.5, 0.6) is 0 Å². The van der Waals surface area contributed by atoms with Gasteiger partial charge in [-0.2, -0.15) is 0 Å². The third kappa shape index (κ3) is 2.30. The van der Waals surface area contributed by atoms with E-state index >= 15 is 0 Å². The molecule has 3 nitrogen and oxygen atoms in total. The highest BCUT2D eigenvalue weighted by Crippen LogP contribution is 2.35. The molecule has 92 valence electrons. The molecule has 0 N–H and O–H groups in total. The summed E-state index contributed by atoms with van der Waals surface area (Å²) in [6.07, 6.45) is 0. The molecule has 2 aromatic carbocycles. The SMILES string of the molecule is O=[N+]([O-])c1ccc(-c2cccc(Cl)c2Cl)c(F)c1. The number of benzene rings is 2. The Morgan fingerprint density at radius 3 is 2.44 bits per heavy atom. The first kappa shape index (κ1) is 12.8. The van der Waals surface area contributed by atoms with Crippen molar-refractivity contribution in [1.29, 1.82) is 0 Å². The van der Waals surface area contributed by atoms with Crippen LogP contribution in [-0.4, -0.2) is 4.92 Å². The van der Waals surface area contributed by atoms with Gasteiger partial charge in [-0.25, -0.2) is 4.39 Å².